The van der Waals surface area contributed by atoms with E-state index in [0.29, 0.717) is 34.3 Å². The number of fused-ring (bicyclic) bond motifs is 1. The highest BCUT2D eigenvalue weighted by Crippen LogP contribution is 2.34. The molecular weight excluding hydrogens is 427 g/mol. The van der Waals surface area contributed by atoms with Gasteiger partial charge in [0.15, 0.2) is 11.5 Å². The summed E-state index contributed by atoms with van der Waals surface area (Å²) in [6.07, 6.45) is 1.56. The number of carbonyl (C=O) groups is 1. The number of ether oxygens (including phenoxy) is 2. The van der Waals surface area contributed by atoms with Crippen molar-refractivity contribution in [1.29, 1.82) is 0 Å². The van der Waals surface area contributed by atoms with Gasteiger partial charge in [0, 0.05) is 24.7 Å². The second-order valence-corrected chi connectivity index (χ2v) is 8.87. The molecule has 0 aromatic heterocycles. The predicted molar refractivity (Wildman–Crippen MR) is 109 cm³/mol. The Morgan fingerprint density at radius 3 is 2.57 bits per heavy atom. The number of halogens is 2. The molecule has 0 fully saturated rings. The average molecular weight is 445 g/mol. The van der Waals surface area contributed by atoms with Crippen LogP contribution in [0.15, 0.2) is 36.4 Å². The fraction of sp³-hybridized carbons (Fsp3) is 0.278. The van der Waals surface area contributed by atoms with Crippen molar-refractivity contribution < 1.29 is 22.7 Å². The second-order valence-electron chi connectivity index (χ2n) is 6.15. The van der Waals surface area contributed by atoms with Crippen LogP contribution in [0.1, 0.15) is 12.8 Å². The van der Waals surface area contributed by atoms with E-state index in [1.807, 2.05) is 0 Å². The maximum absolute atomic E-state index is 12.2. The van der Waals surface area contributed by atoms with Gasteiger partial charge in [-0.15, -0.1) is 0 Å². The SMILES string of the molecule is CS(=O)(=O)N(CCCC(=O)Nc1ccc2c(c1)OCO2)c1ccc(Cl)c(Cl)c1. The first-order valence-electron chi connectivity index (χ1n) is 8.36. The Bertz CT molecular complexity index is 997. The molecule has 0 radical (unpaired) electrons. The minimum Gasteiger partial charge on any atom is -0.454 e. The van der Waals surface area contributed by atoms with Crippen molar-refractivity contribution in [2.24, 2.45) is 0 Å². The quantitative estimate of drug-likeness (QED) is 0.699. The van der Waals surface area contributed by atoms with Crippen LogP contribution in [0, 0.1) is 0 Å². The van der Waals surface area contributed by atoms with Crippen molar-refractivity contribution in [3.8, 4) is 11.5 Å². The zero-order valence-electron chi connectivity index (χ0n) is 14.9. The van der Waals surface area contributed by atoms with Gasteiger partial charge in [-0.2, -0.15) is 0 Å². The van der Waals surface area contributed by atoms with E-state index in [4.69, 9.17) is 32.7 Å². The van der Waals surface area contributed by atoms with Crippen molar-refractivity contribution in [3.63, 3.8) is 0 Å². The van der Waals surface area contributed by atoms with E-state index in [-0.39, 0.29) is 30.7 Å². The maximum Gasteiger partial charge on any atom is 0.232 e. The summed E-state index contributed by atoms with van der Waals surface area (Å²) in [6.45, 7) is 0.286. The molecule has 2 aromatic carbocycles. The normalized spacial score (nSPS) is 12.7. The van der Waals surface area contributed by atoms with Crippen molar-refractivity contribution in [2.45, 2.75) is 12.8 Å². The van der Waals surface area contributed by atoms with Gasteiger partial charge in [0.05, 0.1) is 22.0 Å². The molecule has 1 aliphatic rings. The van der Waals surface area contributed by atoms with Gasteiger partial charge < -0.3 is 14.8 Å². The van der Waals surface area contributed by atoms with Crippen LogP contribution >= 0.6 is 23.2 Å². The summed E-state index contributed by atoms with van der Waals surface area (Å²) in [7, 11) is -3.54. The van der Waals surface area contributed by atoms with Gasteiger partial charge >= 0.3 is 0 Å². The summed E-state index contributed by atoms with van der Waals surface area (Å²) in [5.41, 5.74) is 0.979. The van der Waals surface area contributed by atoms with Crippen LogP contribution in [0.3, 0.4) is 0 Å². The number of benzene rings is 2. The lowest BCUT2D eigenvalue weighted by molar-refractivity contribution is -0.116. The number of hydrogen-bond acceptors (Lipinski definition) is 5. The zero-order chi connectivity index (χ0) is 20.3. The lowest BCUT2D eigenvalue weighted by Crippen LogP contribution is -2.31. The smallest absolute Gasteiger partial charge is 0.232 e. The molecule has 0 unspecified atom stereocenters. The first kappa shape index (κ1) is 20.6. The summed E-state index contributed by atoms with van der Waals surface area (Å²) >= 11 is 11.9. The minimum atomic E-state index is -3.54. The monoisotopic (exact) mass is 444 g/mol. The third-order valence-corrected chi connectivity index (χ3v) is 5.95. The Balaban J connectivity index is 1.59. The summed E-state index contributed by atoms with van der Waals surface area (Å²) < 4.78 is 35.9. The minimum absolute atomic E-state index is 0.130. The fourth-order valence-electron chi connectivity index (χ4n) is 2.71. The first-order chi connectivity index (χ1) is 13.2. The summed E-state index contributed by atoms with van der Waals surface area (Å²) in [4.78, 5) is 12.2. The highest BCUT2D eigenvalue weighted by molar-refractivity contribution is 7.92. The van der Waals surface area contributed by atoms with Gasteiger partial charge in [0.2, 0.25) is 22.7 Å². The molecule has 0 atom stereocenters. The van der Waals surface area contributed by atoms with Gasteiger partial charge in [-0.05, 0) is 36.8 Å². The molecule has 0 spiro atoms. The second kappa shape index (κ2) is 8.46. The number of nitrogens with zero attached hydrogens (tertiary/aromatic N) is 1. The fourth-order valence-corrected chi connectivity index (χ4v) is 3.96. The third kappa shape index (κ3) is 5.01. The molecule has 1 amide bonds. The Morgan fingerprint density at radius 1 is 1.11 bits per heavy atom. The lowest BCUT2D eigenvalue weighted by Gasteiger charge is -2.22. The van der Waals surface area contributed by atoms with Crippen molar-refractivity contribution >= 4 is 50.5 Å². The van der Waals surface area contributed by atoms with Crippen molar-refractivity contribution in [3.05, 3.63) is 46.4 Å². The molecule has 0 bridgehead atoms. The number of amides is 1. The third-order valence-electron chi connectivity index (χ3n) is 4.01. The van der Waals surface area contributed by atoms with Crippen molar-refractivity contribution in [1.82, 2.24) is 0 Å². The van der Waals surface area contributed by atoms with E-state index in [1.54, 1.807) is 24.3 Å². The summed E-state index contributed by atoms with van der Waals surface area (Å²) in [6, 6.07) is 9.69. The maximum atomic E-state index is 12.2. The van der Waals surface area contributed by atoms with E-state index in [9.17, 15) is 13.2 Å². The Labute approximate surface area is 173 Å². The number of nitrogens with one attached hydrogen (secondary N) is 1. The molecule has 28 heavy (non-hydrogen) atoms. The van der Waals surface area contributed by atoms with Crippen LogP contribution in [0.5, 0.6) is 11.5 Å². The van der Waals surface area contributed by atoms with E-state index >= 15 is 0 Å². The van der Waals surface area contributed by atoms with E-state index in [1.165, 1.54) is 16.4 Å². The number of sulfonamides is 1. The molecular formula is C18H18Cl2N2O5S. The van der Waals surface area contributed by atoms with Gasteiger partial charge in [-0.3, -0.25) is 9.10 Å². The first-order valence-corrected chi connectivity index (χ1v) is 11.0. The molecule has 150 valence electrons. The van der Waals surface area contributed by atoms with E-state index < -0.39 is 10.0 Å². The average Bonchev–Trinajstić information content (AvgIpc) is 3.08. The molecule has 0 aliphatic carbocycles. The lowest BCUT2D eigenvalue weighted by atomic mass is 10.2. The molecule has 3 rings (SSSR count). The van der Waals surface area contributed by atoms with Gasteiger partial charge in [-0.25, -0.2) is 8.42 Å². The molecule has 0 saturated carbocycles. The number of rotatable bonds is 7. The molecule has 2 aromatic rings. The molecule has 10 heteroatoms. The largest absolute Gasteiger partial charge is 0.454 e. The number of anilines is 2. The molecule has 1 N–H and O–H groups in total. The molecule has 1 heterocycles. The van der Waals surface area contributed by atoms with Crippen LogP contribution in [-0.4, -0.2) is 33.9 Å². The summed E-state index contributed by atoms with van der Waals surface area (Å²) in [5.74, 6) is 0.963. The van der Waals surface area contributed by atoms with E-state index in [2.05, 4.69) is 5.32 Å². The van der Waals surface area contributed by atoms with Crippen molar-refractivity contribution in [2.75, 3.05) is 29.2 Å². The van der Waals surface area contributed by atoms with Crippen LogP contribution < -0.4 is 19.1 Å². The van der Waals surface area contributed by atoms with Crippen LogP contribution in [0.4, 0.5) is 11.4 Å². The summed E-state index contributed by atoms with van der Waals surface area (Å²) in [5, 5.41) is 3.35. The number of carbonyl (C=O) groups excluding carboxylic acids is 1. The van der Waals surface area contributed by atoms with Gasteiger partial charge in [-0.1, -0.05) is 23.2 Å². The standard InChI is InChI=1S/C18H18Cl2N2O5S/c1-28(24,25)22(13-5-6-14(19)15(20)10-13)8-2-3-18(23)21-12-4-7-16-17(9-12)27-11-26-16/h4-7,9-10H,2-3,8,11H2,1H3,(H,21,23). The molecule has 1 aliphatic heterocycles. The topological polar surface area (TPSA) is 84.9 Å². The molecule has 0 saturated heterocycles. The van der Waals surface area contributed by atoms with Crippen LogP contribution in [0.2, 0.25) is 10.0 Å². The van der Waals surface area contributed by atoms with Gasteiger partial charge in [0.1, 0.15) is 0 Å². The van der Waals surface area contributed by atoms with Gasteiger partial charge in [0.25, 0.3) is 0 Å². The zero-order valence-corrected chi connectivity index (χ0v) is 17.3. The Kier molecular flexibility index (Phi) is 6.22. The Hall–Kier alpha value is -2.16. The van der Waals surface area contributed by atoms with Crippen LogP contribution in [0.25, 0.3) is 0 Å². The Morgan fingerprint density at radius 2 is 1.86 bits per heavy atom. The number of hydrogen-bond donors (Lipinski definition) is 1. The highest BCUT2D eigenvalue weighted by Gasteiger charge is 2.19. The predicted octanol–water partition coefficient (Wildman–Crippen LogP) is 3.91. The highest BCUT2D eigenvalue weighted by atomic mass is 35.5. The van der Waals surface area contributed by atoms with Crippen LogP contribution in [-0.2, 0) is 14.8 Å². The van der Waals surface area contributed by atoms with E-state index in [0.717, 1.165) is 6.26 Å². The molecule has 7 nitrogen and oxygen atoms in total.